The second-order valence-electron chi connectivity index (χ2n) is 8.86. The van der Waals surface area contributed by atoms with Crippen molar-refractivity contribution >= 4 is 11.8 Å². The van der Waals surface area contributed by atoms with Crippen molar-refractivity contribution in [3.05, 3.63) is 59.4 Å². The van der Waals surface area contributed by atoms with Gasteiger partial charge in [0.2, 0.25) is 11.8 Å². The van der Waals surface area contributed by atoms with Gasteiger partial charge in [0.05, 0.1) is 6.54 Å². The van der Waals surface area contributed by atoms with E-state index in [0.29, 0.717) is 13.0 Å². The summed E-state index contributed by atoms with van der Waals surface area (Å²) in [6.07, 6.45) is 5.07. The molecule has 1 aromatic carbocycles. The van der Waals surface area contributed by atoms with Gasteiger partial charge in [0.1, 0.15) is 6.54 Å². The highest BCUT2D eigenvalue weighted by atomic mass is 16.2. The minimum atomic E-state index is 0.0211. The van der Waals surface area contributed by atoms with Crippen LogP contribution in [0.4, 0.5) is 0 Å². The van der Waals surface area contributed by atoms with Crippen LogP contribution in [0.15, 0.2) is 42.6 Å². The molecule has 0 aliphatic rings. The molecule has 2 amide bonds. The number of aryl methyl sites for hydroxylation is 1. The van der Waals surface area contributed by atoms with E-state index < -0.39 is 0 Å². The van der Waals surface area contributed by atoms with E-state index in [9.17, 15) is 9.59 Å². The fourth-order valence-electron chi connectivity index (χ4n) is 3.91. The molecule has 32 heavy (non-hydrogen) atoms. The Morgan fingerprint density at radius 2 is 1.56 bits per heavy atom. The van der Waals surface area contributed by atoms with Crippen LogP contribution in [-0.4, -0.2) is 44.8 Å². The van der Waals surface area contributed by atoms with Crippen molar-refractivity contribution in [1.29, 1.82) is 0 Å². The molecule has 0 saturated carbocycles. The molecular weight excluding hydrogens is 398 g/mol. The topological polar surface area (TPSA) is 45.6 Å². The van der Waals surface area contributed by atoms with Gasteiger partial charge in [-0.15, -0.1) is 0 Å². The Labute approximate surface area is 194 Å². The molecule has 0 saturated heterocycles. The third-order valence-corrected chi connectivity index (χ3v) is 6.51. The molecule has 2 unspecified atom stereocenters. The van der Waals surface area contributed by atoms with E-state index in [1.54, 1.807) is 4.90 Å². The van der Waals surface area contributed by atoms with Gasteiger partial charge < -0.3 is 14.4 Å². The van der Waals surface area contributed by atoms with Crippen molar-refractivity contribution in [3.8, 4) is 0 Å². The molecule has 0 fully saturated rings. The highest BCUT2D eigenvalue weighted by Gasteiger charge is 2.26. The Kier molecular flexibility index (Phi) is 10.0. The zero-order chi connectivity index (χ0) is 23.7. The first-order valence-corrected chi connectivity index (χ1v) is 12.1. The van der Waals surface area contributed by atoms with Crippen molar-refractivity contribution in [2.45, 2.75) is 92.4 Å². The molecule has 0 aliphatic heterocycles. The monoisotopic (exact) mass is 439 g/mol. The first kappa shape index (κ1) is 25.7. The van der Waals surface area contributed by atoms with Crippen LogP contribution in [-0.2, 0) is 22.7 Å². The Hall–Kier alpha value is -2.56. The lowest BCUT2D eigenvalue weighted by molar-refractivity contribution is -0.144. The number of nitrogens with zero attached hydrogens (tertiary/aromatic N) is 3. The van der Waals surface area contributed by atoms with E-state index in [0.717, 1.165) is 31.5 Å². The molecular formula is C27H41N3O2. The smallest absolute Gasteiger partial charge is 0.242 e. The maximum atomic E-state index is 13.5. The van der Waals surface area contributed by atoms with Crippen molar-refractivity contribution in [2.24, 2.45) is 0 Å². The van der Waals surface area contributed by atoms with Crippen LogP contribution in [0.3, 0.4) is 0 Å². The molecule has 0 spiro atoms. The second-order valence-corrected chi connectivity index (χ2v) is 8.86. The summed E-state index contributed by atoms with van der Waals surface area (Å²) >= 11 is 0. The van der Waals surface area contributed by atoms with E-state index in [4.69, 9.17) is 0 Å². The number of hydrogen-bond acceptors (Lipinski definition) is 2. The fraction of sp³-hybridized carbons (Fsp3) is 0.556. The van der Waals surface area contributed by atoms with Gasteiger partial charge >= 0.3 is 0 Å². The summed E-state index contributed by atoms with van der Waals surface area (Å²) in [6.45, 7) is 13.9. The van der Waals surface area contributed by atoms with Crippen molar-refractivity contribution < 1.29 is 9.59 Å². The number of carbonyl (C=O) groups excluding carboxylic acids is 2. The van der Waals surface area contributed by atoms with Crippen LogP contribution in [0.5, 0.6) is 0 Å². The maximum Gasteiger partial charge on any atom is 0.242 e. The standard InChI is InChI=1S/C27H41N3O2/c1-7-13-26(31)30(23(6)9-3)20-27(32)29(22(5)8-2)19-25-16-12-17-28(25)18-24-15-11-10-14-21(24)4/h10-12,14-17,22-23H,7-9,13,18-20H2,1-6H3. The molecule has 0 radical (unpaired) electrons. The van der Waals surface area contributed by atoms with Gasteiger partial charge in [-0.25, -0.2) is 0 Å². The zero-order valence-corrected chi connectivity index (χ0v) is 20.8. The normalized spacial score (nSPS) is 12.9. The lowest BCUT2D eigenvalue weighted by Crippen LogP contribution is -2.48. The van der Waals surface area contributed by atoms with E-state index in [-0.39, 0.29) is 30.4 Å². The predicted octanol–water partition coefficient (Wildman–Crippen LogP) is 5.40. The van der Waals surface area contributed by atoms with Gasteiger partial charge in [-0.3, -0.25) is 9.59 Å². The van der Waals surface area contributed by atoms with Crippen LogP contribution in [0.1, 0.15) is 77.1 Å². The first-order valence-electron chi connectivity index (χ1n) is 12.1. The fourth-order valence-corrected chi connectivity index (χ4v) is 3.91. The largest absolute Gasteiger partial charge is 0.345 e. The summed E-state index contributed by atoms with van der Waals surface area (Å²) < 4.78 is 2.22. The van der Waals surface area contributed by atoms with E-state index >= 15 is 0 Å². The summed E-state index contributed by atoms with van der Waals surface area (Å²) in [6, 6.07) is 12.7. The van der Waals surface area contributed by atoms with Gasteiger partial charge in [0.25, 0.3) is 0 Å². The Morgan fingerprint density at radius 3 is 2.19 bits per heavy atom. The number of rotatable bonds is 12. The average Bonchev–Trinajstić information content (AvgIpc) is 3.22. The lowest BCUT2D eigenvalue weighted by Gasteiger charge is -2.34. The van der Waals surface area contributed by atoms with E-state index in [1.807, 2.05) is 24.8 Å². The predicted molar refractivity (Wildman–Crippen MR) is 131 cm³/mol. The molecule has 5 heteroatoms. The molecule has 0 bridgehead atoms. The number of aromatic nitrogens is 1. The van der Waals surface area contributed by atoms with Gasteiger partial charge in [-0.1, -0.05) is 45.0 Å². The summed E-state index contributed by atoms with van der Waals surface area (Å²) in [5.41, 5.74) is 3.65. The second kappa shape index (κ2) is 12.5. The minimum Gasteiger partial charge on any atom is -0.345 e. The SMILES string of the molecule is CCCC(=O)N(CC(=O)N(Cc1cccn1Cc1ccccc1C)C(C)CC)C(C)CC. The third-order valence-electron chi connectivity index (χ3n) is 6.51. The van der Waals surface area contributed by atoms with E-state index in [2.05, 4.69) is 68.8 Å². The van der Waals surface area contributed by atoms with Gasteiger partial charge in [0.15, 0.2) is 0 Å². The molecule has 2 atom stereocenters. The van der Waals surface area contributed by atoms with Crippen LogP contribution in [0.2, 0.25) is 0 Å². The Morgan fingerprint density at radius 1 is 0.906 bits per heavy atom. The highest BCUT2D eigenvalue weighted by Crippen LogP contribution is 2.17. The van der Waals surface area contributed by atoms with Crippen LogP contribution in [0, 0.1) is 6.92 Å². The van der Waals surface area contributed by atoms with Crippen molar-refractivity contribution in [1.82, 2.24) is 14.4 Å². The number of amides is 2. The van der Waals surface area contributed by atoms with Crippen LogP contribution >= 0.6 is 0 Å². The maximum absolute atomic E-state index is 13.5. The van der Waals surface area contributed by atoms with Gasteiger partial charge in [0, 0.05) is 36.9 Å². The molecule has 1 aromatic heterocycles. The quantitative estimate of drug-likeness (QED) is 0.444. The first-order chi connectivity index (χ1) is 15.3. The molecule has 0 aliphatic carbocycles. The summed E-state index contributed by atoms with van der Waals surface area (Å²) in [7, 11) is 0. The van der Waals surface area contributed by atoms with Crippen LogP contribution in [0.25, 0.3) is 0 Å². The molecule has 2 aromatic rings. The molecule has 176 valence electrons. The number of carbonyl (C=O) groups is 2. The summed E-state index contributed by atoms with van der Waals surface area (Å²) in [4.78, 5) is 29.9. The molecule has 0 N–H and O–H groups in total. The molecule has 5 nitrogen and oxygen atoms in total. The zero-order valence-electron chi connectivity index (χ0n) is 20.8. The number of benzene rings is 1. The summed E-state index contributed by atoms with van der Waals surface area (Å²) in [5.74, 6) is 0.0926. The summed E-state index contributed by atoms with van der Waals surface area (Å²) in [5, 5.41) is 0. The van der Waals surface area contributed by atoms with Gasteiger partial charge in [-0.05, 0) is 63.3 Å². The third kappa shape index (κ3) is 6.72. The van der Waals surface area contributed by atoms with E-state index in [1.165, 1.54) is 11.1 Å². The van der Waals surface area contributed by atoms with Crippen LogP contribution < -0.4 is 0 Å². The van der Waals surface area contributed by atoms with Crippen molar-refractivity contribution in [3.63, 3.8) is 0 Å². The average molecular weight is 440 g/mol. The Bertz CT molecular complexity index is 873. The minimum absolute atomic E-state index is 0.0211. The number of hydrogen-bond donors (Lipinski definition) is 0. The molecule has 1 heterocycles. The lowest BCUT2D eigenvalue weighted by atomic mass is 10.1. The van der Waals surface area contributed by atoms with Gasteiger partial charge in [-0.2, -0.15) is 0 Å². The van der Waals surface area contributed by atoms with Crippen molar-refractivity contribution in [2.75, 3.05) is 6.54 Å². The molecule has 2 rings (SSSR count). The Balaban J connectivity index is 2.22. The highest BCUT2D eigenvalue weighted by molar-refractivity contribution is 5.85.